The van der Waals surface area contributed by atoms with Crippen LogP contribution in [0.2, 0.25) is 0 Å². The van der Waals surface area contributed by atoms with Crippen LogP contribution in [0.15, 0.2) is 0 Å². The predicted octanol–water partition coefficient (Wildman–Crippen LogP) is 3.50. The maximum atomic E-state index is 6.41. The van der Waals surface area contributed by atoms with Crippen molar-refractivity contribution in [1.29, 1.82) is 0 Å². The molecule has 0 rings (SSSR count). The van der Waals surface area contributed by atoms with Crippen LogP contribution in [0.3, 0.4) is 0 Å². The molecule has 0 saturated heterocycles. The van der Waals surface area contributed by atoms with E-state index in [0.717, 1.165) is 12.6 Å². The van der Waals surface area contributed by atoms with Crippen molar-refractivity contribution in [2.24, 2.45) is 0 Å². The monoisotopic (exact) mass is 231 g/mol. The molecule has 0 unspecified atom stereocenters. The van der Waals surface area contributed by atoms with Gasteiger partial charge in [0.25, 0.3) is 0 Å². The van der Waals surface area contributed by atoms with Crippen LogP contribution in [-0.2, 0) is 0 Å². The third kappa shape index (κ3) is 7.61. The fourth-order valence-electron chi connectivity index (χ4n) is 0.704. The van der Waals surface area contributed by atoms with Crippen molar-refractivity contribution in [3.8, 4) is 0 Å². The average Bonchev–Trinajstić information content (AvgIpc) is 1.82. The third-order valence-electron chi connectivity index (χ3n) is 1.75. The maximum absolute atomic E-state index is 6.41. The van der Waals surface area contributed by atoms with Gasteiger partial charge in [0, 0.05) is 0 Å². The molecule has 0 radical (unpaired) electrons. The Hall–Kier alpha value is 0.970. The molecule has 0 atom stereocenters. The summed E-state index contributed by atoms with van der Waals surface area (Å²) in [6, 6.07) is 0. The Morgan fingerprint density at radius 2 is 1.67 bits per heavy atom. The van der Waals surface area contributed by atoms with Crippen molar-refractivity contribution in [1.82, 2.24) is 4.84 Å². The van der Waals surface area contributed by atoms with Crippen LogP contribution >= 0.6 is 29.0 Å². The molecule has 0 amide bonds. The van der Waals surface area contributed by atoms with Crippen molar-refractivity contribution in [2.45, 2.75) is 25.8 Å². The Bertz CT molecular complexity index is 151. The van der Waals surface area contributed by atoms with E-state index >= 15 is 0 Å². The second-order valence-corrected chi connectivity index (χ2v) is 15.6. The molecular formula is C8H20Cl2NP. The Morgan fingerprint density at radius 1 is 1.25 bits per heavy atom. The van der Waals surface area contributed by atoms with Crippen molar-refractivity contribution in [3.63, 3.8) is 0 Å². The first-order valence-electron chi connectivity index (χ1n) is 4.12. The SMILES string of the molecule is CC(C)(CCP(C)(C)(C)Cl)NCl. The number of hydrogen-bond donors (Lipinski definition) is 1. The fourth-order valence-corrected chi connectivity index (χ4v) is 2.37. The Kier molecular flexibility index (Phi) is 3.90. The van der Waals surface area contributed by atoms with E-state index in [1.54, 1.807) is 0 Å². The van der Waals surface area contributed by atoms with Crippen LogP contribution in [0.25, 0.3) is 0 Å². The van der Waals surface area contributed by atoms with Crippen LogP contribution in [-0.4, -0.2) is 31.7 Å². The number of rotatable bonds is 4. The summed E-state index contributed by atoms with van der Waals surface area (Å²) in [5, 5.41) is 0. The zero-order valence-electron chi connectivity index (χ0n) is 8.62. The Labute approximate surface area is 86.0 Å². The molecule has 0 aliphatic heterocycles. The molecule has 0 aliphatic carbocycles. The molecule has 1 nitrogen and oxygen atoms in total. The minimum absolute atomic E-state index is 0.0123. The number of nitrogens with one attached hydrogen (secondary N) is 1. The van der Waals surface area contributed by atoms with Crippen LogP contribution < -0.4 is 4.84 Å². The van der Waals surface area contributed by atoms with E-state index in [1.807, 2.05) is 0 Å². The second kappa shape index (κ2) is 3.61. The second-order valence-electron chi connectivity index (χ2n) is 5.37. The summed E-state index contributed by atoms with van der Waals surface area (Å²) in [5.74, 6) is -1.86. The van der Waals surface area contributed by atoms with E-state index in [2.05, 4.69) is 38.7 Å². The first-order valence-corrected chi connectivity index (χ1v) is 9.17. The summed E-state index contributed by atoms with van der Waals surface area (Å²) < 4.78 is 0. The van der Waals surface area contributed by atoms with Gasteiger partial charge in [-0.05, 0) is 0 Å². The summed E-state index contributed by atoms with van der Waals surface area (Å²) >= 11 is 12.0. The molecular weight excluding hydrogens is 212 g/mol. The molecule has 0 aromatic carbocycles. The van der Waals surface area contributed by atoms with E-state index in [-0.39, 0.29) is 5.54 Å². The van der Waals surface area contributed by atoms with Crippen molar-refractivity contribution >= 4 is 29.0 Å². The molecule has 0 aliphatic rings. The summed E-state index contributed by atoms with van der Waals surface area (Å²) in [7, 11) is 0. The van der Waals surface area contributed by atoms with Crippen molar-refractivity contribution in [2.75, 3.05) is 26.2 Å². The quantitative estimate of drug-likeness (QED) is 0.577. The van der Waals surface area contributed by atoms with Gasteiger partial charge < -0.3 is 0 Å². The Morgan fingerprint density at radius 3 is 1.92 bits per heavy atom. The standard InChI is InChI=1S/C8H20Cl2NP/c1-8(2,11-9)6-7-12(3,4,5)10/h11H,6-7H2,1-5H3. The molecule has 0 spiro atoms. The number of hydrogen-bond acceptors (Lipinski definition) is 1. The van der Waals surface area contributed by atoms with E-state index in [0.29, 0.717) is 0 Å². The van der Waals surface area contributed by atoms with Gasteiger partial charge in [-0.2, -0.15) is 0 Å². The summed E-state index contributed by atoms with van der Waals surface area (Å²) in [5.41, 5.74) is -0.0123. The molecule has 0 fully saturated rings. The molecule has 0 aromatic heterocycles. The van der Waals surface area contributed by atoms with E-state index in [4.69, 9.17) is 23.0 Å². The van der Waals surface area contributed by atoms with Gasteiger partial charge in [0.2, 0.25) is 0 Å². The van der Waals surface area contributed by atoms with Crippen molar-refractivity contribution < 1.29 is 0 Å². The zero-order chi connectivity index (χ0) is 10.1. The van der Waals surface area contributed by atoms with Gasteiger partial charge in [0.1, 0.15) is 0 Å². The van der Waals surface area contributed by atoms with Gasteiger partial charge in [0.15, 0.2) is 0 Å². The molecule has 0 aromatic rings. The molecule has 0 bridgehead atoms. The minimum atomic E-state index is -1.86. The van der Waals surface area contributed by atoms with E-state index in [9.17, 15) is 0 Å². The summed E-state index contributed by atoms with van der Waals surface area (Å²) in [6.07, 6.45) is 2.07. The third-order valence-corrected chi connectivity index (χ3v) is 4.50. The molecule has 0 saturated carbocycles. The Balaban J connectivity index is 4.01. The van der Waals surface area contributed by atoms with Gasteiger partial charge in [0.05, 0.1) is 0 Å². The van der Waals surface area contributed by atoms with Gasteiger partial charge >= 0.3 is 85.8 Å². The van der Waals surface area contributed by atoms with E-state index < -0.39 is 5.96 Å². The zero-order valence-corrected chi connectivity index (χ0v) is 11.0. The predicted molar refractivity (Wildman–Crippen MR) is 63.1 cm³/mol. The summed E-state index contributed by atoms with van der Waals surface area (Å²) in [4.78, 5) is 2.77. The van der Waals surface area contributed by atoms with E-state index in [1.165, 1.54) is 0 Å². The van der Waals surface area contributed by atoms with Gasteiger partial charge in [-0.25, -0.2) is 0 Å². The fraction of sp³-hybridized carbons (Fsp3) is 1.00. The topological polar surface area (TPSA) is 12.0 Å². The van der Waals surface area contributed by atoms with Crippen LogP contribution in [0.5, 0.6) is 0 Å². The number of halogens is 2. The van der Waals surface area contributed by atoms with Gasteiger partial charge in [-0.1, -0.05) is 0 Å². The molecule has 76 valence electrons. The first kappa shape index (κ1) is 13.0. The van der Waals surface area contributed by atoms with Crippen molar-refractivity contribution in [3.05, 3.63) is 0 Å². The van der Waals surface area contributed by atoms with Crippen LogP contribution in [0, 0.1) is 0 Å². The summed E-state index contributed by atoms with van der Waals surface area (Å²) in [6.45, 7) is 10.7. The molecule has 1 N–H and O–H groups in total. The molecule has 0 heterocycles. The first-order chi connectivity index (χ1) is 5.02. The molecule has 4 heteroatoms. The van der Waals surface area contributed by atoms with Crippen LogP contribution in [0.1, 0.15) is 20.3 Å². The van der Waals surface area contributed by atoms with Gasteiger partial charge in [-0.15, -0.1) is 0 Å². The van der Waals surface area contributed by atoms with Crippen LogP contribution in [0.4, 0.5) is 0 Å². The average molecular weight is 232 g/mol. The van der Waals surface area contributed by atoms with Gasteiger partial charge in [-0.3, -0.25) is 0 Å². The molecule has 12 heavy (non-hydrogen) atoms. The normalized spacial score (nSPS) is 17.1.